The van der Waals surface area contributed by atoms with Crippen molar-refractivity contribution in [1.82, 2.24) is 24.9 Å². The highest BCUT2D eigenvalue weighted by Crippen LogP contribution is 2.28. The minimum Gasteiger partial charge on any atom is -0.495 e. The molecule has 1 aromatic heterocycles. The number of tetrazole rings is 1. The summed E-state index contributed by atoms with van der Waals surface area (Å²) < 4.78 is 35.3. The number of benzene rings is 2. The molecular formula is C19H23N5O3S. The van der Waals surface area contributed by atoms with Crippen molar-refractivity contribution in [1.29, 1.82) is 0 Å². The van der Waals surface area contributed by atoms with E-state index >= 15 is 0 Å². The first kappa shape index (κ1) is 20.0. The van der Waals surface area contributed by atoms with Crippen LogP contribution in [0.3, 0.4) is 0 Å². The number of aryl methyl sites for hydroxylation is 2. The van der Waals surface area contributed by atoms with Crippen LogP contribution in [0.1, 0.15) is 18.1 Å². The van der Waals surface area contributed by atoms with Crippen LogP contribution in [0.4, 0.5) is 0 Å². The van der Waals surface area contributed by atoms with E-state index in [4.69, 9.17) is 4.74 Å². The summed E-state index contributed by atoms with van der Waals surface area (Å²) in [4.78, 5) is 0.0575. The van der Waals surface area contributed by atoms with Crippen LogP contribution in [-0.2, 0) is 23.0 Å². The highest BCUT2D eigenvalue weighted by molar-refractivity contribution is 7.89. The minimum atomic E-state index is -3.77. The van der Waals surface area contributed by atoms with Gasteiger partial charge >= 0.3 is 0 Å². The van der Waals surface area contributed by atoms with Crippen LogP contribution in [0.2, 0.25) is 0 Å². The second kappa shape index (κ2) is 8.49. The van der Waals surface area contributed by atoms with Crippen LogP contribution in [-0.4, -0.2) is 42.3 Å². The Hall–Kier alpha value is -2.78. The Balaban J connectivity index is 1.83. The molecule has 0 bridgehead atoms. The molecule has 0 aliphatic carbocycles. The van der Waals surface area contributed by atoms with Crippen molar-refractivity contribution in [3.63, 3.8) is 0 Å². The summed E-state index contributed by atoms with van der Waals surface area (Å²) >= 11 is 0. The van der Waals surface area contributed by atoms with E-state index in [0.717, 1.165) is 5.56 Å². The fraction of sp³-hybridized carbons (Fsp3) is 0.316. The van der Waals surface area contributed by atoms with Crippen LogP contribution in [0.5, 0.6) is 5.75 Å². The number of hydrogen-bond donors (Lipinski definition) is 1. The summed E-state index contributed by atoms with van der Waals surface area (Å²) in [6.07, 6.45) is 0.593. The number of sulfonamides is 1. The van der Waals surface area contributed by atoms with Crippen molar-refractivity contribution < 1.29 is 13.2 Å². The van der Waals surface area contributed by atoms with Gasteiger partial charge in [-0.3, -0.25) is 0 Å². The zero-order valence-electron chi connectivity index (χ0n) is 16.1. The third-order valence-corrected chi connectivity index (χ3v) is 5.85. The maximum Gasteiger partial charge on any atom is 0.244 e. The van der Waals surface area contributed by atoms with Crippen molar-refractivity contribution >= 4 is 10.0 Å². The predicted octanol–water partition coefficient (Wildman–Crippen LogP) is 2.20. The molecule has 9 heteroatoms. The summed E-state index contributed by atoms with van der Waals surface area (Å²) in [6.45, 7) is 4.78. The van der Waals surface area contributed by atoms with E-state index in [-0.39, 0.29) is 17.2 Å². The first-order chi connectivity index (χ1) is 13.4. The topological polar surface area (TPSA) is 99.0 Å². The lowest BCUT2D eigenvalue weighted by molar-refractivity contribution is 0.402. The van der Waals surface area contributed by atoms with Crippen LogP contribution in [0.25, 0.3) is 11.4 Å². The Kier molecular flexibility index (Phi) is 6.05. The van der Waals surface area contributed by atoms with Gasteiger partial charge in [0.1, 0.15) is 10.6 Å². The molecule has 0 spiro atoms. The maximum atomic E-state index is 12.9. The summed E-state index contributed by atoms with van der Waals surface area (Å²) in [5, 5.41) is 11.5. The second-order valence-electron chi connectivity index (χ2n) is 6.32. The summed E-state index contributed by atoms with van der Waals surface area (Å²) in [5.74, 6) is 0.767. The van der Waals surface area contributed by atoms with Crippen molar-refractivity contribution in [2.24, 2.45) is 0 Å². The molecule has 0 aliphatic heterocycles. The highest BCUT2D eigenvalue weighted by Gasteiger charge is 2.21. The lowest BCUT2D eigenvalue weighted by Gasteiger charge is -2.12. The SMILES string of the molecule is CCn1nnnc1-c1ccc(OC)c(S(=O)(=O)NCCc2ccc(C)cc2)c1. The third kappa shape index (κ3) is 4.37. The Bertz CT molecular complexity index is 1050. The molecular weight excluding hydrogens is 378 g/mol. The highest BCUT2D eigenvalue weighted by atomic mass is 32.2. The van der Waals surface area contributed by atoms with E-state index in [1.54, 1.807) is 16.8 Å². The molecule has 148 valence electrons. The van der Waals surface area contributed by atoms with E-state index < -0.39 is 10.0 Å². The van der Waals surface area contributed by atoms with E-state index in [1.807, 2.05) is 38.1 Å². The van der Waals surface area contributed by atoms with Crippen molar-refractivity contribution in [3.05, 3.63) is 53.6 Å². The number of rotatable bonds is 8. The van der Waals surface area contributed by atoms with Gasteiger partial charge in [-0.15, -0.1) is 5.10 Å². The largest absolute Gasteiger partial charge is 0.495 e. The fourth-order valence-electron chi connectivity index (χ4n) is 2.81. The van der Waals surface area contributed by atoms with E-state index in [1.165, 1.54) is 18.7 Å². The monoisotopic (exact) mass is 401 g/mol. The molecule has 0 unspecified atom stereocenters. The first-order valence-electron chi connectivity index (χ1n) is 8.94. The molecule has 1 heterocycles. The Morgan fingerprint density at radius 1 is 1.14 bits per heavy atom. The third-order valence-electron chi connectivity index (χ3n) is 4.37. The molecule has 2 aromatic carbocycles. The Labute approximate surface area is 164 Å². The van der Waals surface area contributed by atoms with Gasteiger partial charge in [0.2, 0.25) is 10.0 Å². The van der Waals surface area contributed by atoms with E-state index in [9.17, 15) is 8.42 Å². The van der Waals surface area contributed by atoms with Gasteiger partial charge < -0.3 is 4.74 Å². The number of hydrogen-bond acceptors (Lipinski definition) is 6. The molecule has 0 saturated heterocycles. The quantitative estimate of drug-likeness (QED) is 0.621. The maximum absolute atomic E-state index is 12.9. The number of aromatic nitrogens is 4. The molecule has 0 saturated carbocycles. The Morgan fingerprint density at radius 2 is 1.89 bits per heavy atom. The van der Waals surface area contributed by atoms with Gasteiger partial charge in [0.15, 0.2) is 5.82 Å². The van der Waals surface area contributed by atoms with Crippen molar-refractivity contribution in [2.75, 3.05) is 13.7 Å². The summed E-state index contributed by atoms with van der Waals surface area (Å²) in [5.41, 5.74) is 2.84. The first-order valence-corrected chi connectivity index (χ1v) is 10.4. The molecule has 0 aliphatic rings. The zero-order valence-corrected chi connectivity index (χ0v) is 16.9. The number of nitrogens with zero attached hydrogens (tertiary/aromatic N) is 4. The average molecular weight is 401 g/mol. The molecule has 0 radical (unpaired) electrons. The molecule has 3 aromatic rings. The van der Waals surface area contributed by atoms with Crippen LogP contribution >= 0.6 is 0 Å². The van der Waals surface area contributed by atoms with Crippen LogP contribution in [0.15, 0.2) is 47.4 Å². The second-order valence-corrected chi connectivity index (χ2v) is 8.05. The van der Waals surface area contributed by atoms with Crippen molar-refractivity contribution in [3.8, 4) is 17.1 Å². The molecule has 8 nitrogen and oxygen atoms in total. The fourth-order valence-corrected chi connectivity index (χ4v) is 4.04. The van der Waals surface area contributed by atoms with Crippen molar-refractivity contribution in [2.45, 2.75) is 31.7 Å². The number of ether oxygens (including phenoxy) is 1. The molecule has 0 amide bonds. The minimum absolute atomic E-state index is 0.0575. The summed E-state index contributed by atoms with van der Waals surface area (Å²) in [6, 6.07) is 12.9. The zero-order chi connectivity index (χ0) is 20.1. The number of nitrogens with one attached hydrogen (secondary N) is 1. The summed E-state index contributed by atoms with van der Waals surface area (Å²) in [7, 11) is -2.33. The predicted molar refractivity (Wildman–Crippen MR) is 106 cm³/mol. The van der Waals surface area contributed by atoms with Gasteiger partial charge in [0, 0.05) is 18.7 Å². The normalized spacial score (nSPS) is 11.5. The number of methoxy groups -OCH3 is 1. The van der Waals surface area contributed by atoms with E-state index in [2.05, 4.69) is 20.2 Å². The standard InChI is InChI=1S/C19H23N5O3S/c1-4-24-19(21-22-23-24)16-9-10-17(27-3)18(13-16)28(25,26)20-12-11-15-7-5-14(2)6-8-15/h5-10,13,20H,4,11-12H2,1-3H3. The Morgan fingerprint density at radius 3 is 2.57 bits per heavy atom. The lowest BCUT2D eigenvalue weighted by atomic mass is 10.1. The molecule has 28 heavy (non-hydrogen) atoms. The average Bonchev–Trinajstić information content (AvgIpc) is 3.18. The van der Waals surface area contributed by atoms with Gasteiger partial charge in [-0.2, -0.15) is 0 Å². The van der Waals surface area contributed by atoms with Gasteiger partial charge in [0.05, 0.1) is 7.11 Å². The van der Waals surface area contributed by atoms with E-state index in [0.29, 0.717) is 24.4 Å². The molecule has 1 N–H and O–H groups in total. The van der Waals surface area contributed by atoms with Crippen LogP contribution < -0.4 is 9.46 Å². The van der Waals surface area contributed by atoms with Gasteiger partial charge in [-0.25, -0.2) is 17.8 Å². The molecule has 3 rings (SSSR count). The molecule has 0 atom stereocenters. The van der Waals surface area contributed by atoms with Gasteiger partial charge in [-0.05, 0) is 54.5 Å². The lowest BCUT2D eigenvalue weighted by Crippen LogP contribution is -2.26. The van der Waals surface area contributed by atoms with Gasteiger partial charge in [0.25, 0.3) is 0 Å². The molecule has 0 fully saturated rings. The van der Waals surface area contributed by atoms with Crippen LogP contribution in [0, 0.1) is 6.92 Å². The van der Waals surface area contributed by atoms with Gasteiger partial charge in [-0.1, -0.05) is 29.8 Å². The smallest absolute Gasteiger partial charge is 0.244 e.